The molecule has 0 saturated heterocycles. The van der Waals surface area contributed by atoms with E-state index in [0.717, 1.165) is 11.4 Å². The molecule has 2 heterocycles. The number of benzene rings is 2. The van der Waals surface area contributed by atoms with E-state index in [0.29, 0.717) is 0 Å². The molecule has 0 radical (unpaired) electrons. The van der Waals surface area contributed by atoms with E-state index in [1.54, 1.807) is 0 Å². The summed E-state index contributed by atoms with van der Waals surface area (Å²) in [5.41, 5.74) is 8.53. The molecule has 3 nitrogen and oxygen atoms in total. The second kappa shape index (κ2) is 5.85. The van der Waals surface area contributed by atoms with Crippen LogP contribution in [-0.4, -0.2) is 9.55 Å². The van der Waals surface area contributed by atoms with Crippen molar-refractivity contribution in [1.29, 1.82) is 0 Å². The van der Waals surface area contributed by atoms with Crippen molar-refractivity contribution in [3.63, 3.8) is 0 Å². The van der Waals surface area contributed by atoms with Gasteiger partial charge in [-0.05, 0) is 61.7 Å². The summed E-state index contributed by atoms with van der Waals surface area (Å²) < 4.78 is 4.63. The van der Waals surface area contributed by atoms with E-state index >= 15 is 0 Å². The summed E-state index contributed by atoms with van der Waals surface area (Å²) >= 11 is 0. The number of hydrogen-bond donors (Lipinski definition) is 0. The van der Waals surface area contributed by atoms with Crippen molar-refractivity contribution in [1.82, 2.24) is 9.55 Å². The molecular formula is C22H22N3+. The molecule has 3 heteroatoms. The Morgan fingerprint density at radius 2 is 1.72 bits per heavy atom. The highest BCUT2D eigenvalue weighted by atomic mass is 15.2. The highest BCUT2D eigenvalue weighted by Gasteiger charge is 2.27. The van der Waals surface area contributed by atoms with Gasteiger partial charge in [-0.25, -0.2) is 4.57 Å². The number of rotatable bonds is 2. The molecule has 0 aliphatic rings. The van der Waals surface area contributed by atoms with Gasteiger partial charge in [0.25, 0.3) is 5.82 Å². The highest BCUT2D eigenvalue weighted by Crippen LogP contribution is 2.30. The van der Waals surface area contributed by atoms with Crippen molar-refractivity contribution in [2.75, 3.05) is 0 Å². The van der Waals surface area contributed by atoms with Gasteiger partial charge >= 0.3 is 0 Å². The molecule has 2 aromatic heterocycles. The number of para-hydroxylation sites is 1. The topological polar surface area (TPSA) is 21.7 Å². The number of nitrogens with zero attached hydrogens (tertiary/aromatic N) is 3. The van der Waals surface area contributed by atoms with Crippen LogP contribution in [0.4, 0.5) is 0 Å². The van der Waals surface area contributed by atoms with Gasteiger partial charge in [-0.2, -0.15) is 4.57 Å². The van der Waals surface area contributed by atoms with Gasteiger partial charge in [-0.1, -0.05) is 24.3 Å². The molecule has 0 unspecified atom stereocenters. The minimum absolute atomic E-state index is 1.15. The number of aromatic nitrogens is 3. The Bertz CT molecular complexity index is 1090. The molecule has 0 fully saturated rings. The zero-order chi connectivity index (χ0) is 17.6. The van der Waals surface area contributed by atoms with Crippen LogP contribution in [0.5, 0.6) is 0 Å². The Morgan fingerprint density at radius 1 is 0.920 bits per heavy atom. The van der Waals surface area contributed by atoms with Crippen molar-refractivity contribution in [2.24, 2.45) is 7.05 Å². The SMILES string of the molecule is Cc1ccc2c(c1)n(-c1ccccc1C)c(-c1cnccc1C)[n+]2C. The molecule has 0 aliphatic carbocycles. The lowest BCUT2D eigenvalue weighted by molar-refractivity contribution is -0.633. The van der Waals surface area contributed by atoms with Gasteiger partial charge in [-0.3, -0.25) is 4.98 Å². The monoisotopic (exact) mass is 328 g/mol. The Labute approximate surface area is 148 Å². The predicted octanol–water partition coefficient (Wildman–Crippen LogP) is 4.44. The molecule has 0 amide bonds. The lowest BCUT2D eigenvalue weighted by atomic mass is 10.1. The quantitative estimate of drug-likeness (QED) is 0.499. The van der Waals surface area contributed by atoms with E-state index in [-0.39, 0.29) is 0 Å². The fourth-order valence-electron chi connectivity index (χ4n) is 3.53. The second-order valence-corrected chi connectivity index (χ2v) is 6.69. The van der Waals surface area contributed by atoms with Crippen LogP contribution in [0.15, 0.2) is 60.9 Å². The van der Waals surface area contributed by atoms with E-state index in [2.05, 4.69) is 90.5 Å². The molecule has 0 aliphatic heterocycles. The van der Waals surface area contributed by atoms with Crippen LogP contribution in [0.2, 0.25) is 0 Å². The van der Waals surface area contributed by atoms with Crippen molar-refractivity contribution in [3.05, 3.63) is 77.6 Å². The van der Waals surface area contributed by atoms with Gasteiger partial charge in [0.15, 0.2) is 11.0 Å². The van der Waals surface area contributed by atoms with Gasteiger partial charge in [0.1, 0.15) is 5.69 Å². The van der Waals surface area contributed by atoms with Crippen LogP contribution in [0.1, 0.15) is 16.7 Å². The first-order valence-electron chi connectivity index (χ1n) is 8.56. The number of aryl methyl sites for hydroxylation is 4. The molecule has 4 rings (SSSR count). The summed E-state index contributed by atoms with van der Waals surface area (Å²) in [7, 11) is 2.13. The van der Waals surface area contributed by atoms with Crippen LogP contribution in [0, 0.1) is 20.8 Å². The maximum Gasteiger partial charge on any atom is 0.296 e. The zero-order valence-electron chi connectivity index (χ0n) is 15.1. The molecule has 0 saturated carbocycles. The van der Waals surface area contributed by atoms with Crippen LogP contribution < -0.4 is 4.57 Å². The van der Waals surface area contributed by atoms with Crippen molar-refractivity contribution < 1.29 is 4.57 Å². The average Bonchev–Trinajstić information content (AvgIpc) is 2.88. The fraction of sp³-hybridized carbons (Fsp3) is 0.182. The summed E-state index contributed by atoms with van der Waals surface area (Å²) in [4.78, 5) is 4.38. The maximum absolute atomic E-state index is 4.38. The summed E-state index contributed by atoms with van der Waals surface area (Å²) in [6.45, 7) is 6.45. The van der Waals surface area contributed by atoms with Crippen LogP contribution in [0.3, 0.4) is 0 Å². The smallest absolute Gasteiger partial charge is 0.264 e. The first-order chi connectivity index (χ1) is 12.1. The Morgan fingerprint density at radius 3 is 2.48 bits per heavy atom. The van der Waals surface area contributed by atoms with E-state index in [9.17, 15) is 0 Å². The summed E-state index contributed by atoms with van der Waals surface area (Å²) in [5.74, 6) is 1.15. The molecule has 0 spiro atoms. The van der Waals surface area contributed by atoms with Crippen LogP contribution in [-0.2, 0) is 7.05 Å². The summed E-state index contributed by atoms with van der Waals surface area (Å²) in [5, 5.41) is 0. The molecule has 4 aromatic rings. The van der Waals surface area contributed by atoms with Gasteiger partial charge in [0.05, 0.1) is 12.6 Å². The van der Waals surface area contributed by atoms with Crippen LogP contribution in [0.25, 0.3) is 28.1 Å². The minimum Gasteiger partial charge on any atom is -0.264 e. The summed E-state index contributed by atoms with van der Waals surface area (Å²) in [6.07, 6.45) is 3.81. The Kier molecular flexibility index (Phi) is 3.65. The van der Waals surface area contributed by atoms with Gasteiger partial charge in [-0.15, -0.1) is 0 Å². The molecular weight excluding hydrogens is 306 g/mol. The molecule has 0 N–H and O–H groups in total. The van der Waals surface area contributed by atoms with Crippen LogP contribution >= 0.6 is 0 Å². The third kappa shape index (κ3) is 2.43. The van der Waals surface area contributed by atoms with Crippen molar-refractivity contribution in [2.45, 2.75) is 20.8 Å². The molecule has 0 atom stereocenters. The number of pyridine rings is 1. The van der Waals surface area contributed by atoms with E-state index in [1.807, 2.05) is 12.4 Å². The standard InChI is InChI=1S/C22H22N3/c1-15-9-10-20-21(13-15)25(19-8-6-5-7-17(19)3)22(24(20)4)18-14-23-12-11-16(18)2/h5-14H,1-4H3/q+1. The van der Waals surface area contributed by atoms with Crippen molar-refractivity contribution >= 4 is 11.0 Å². The normalized spacial score (nSPS) is 11.2. The maximum atomic E-state index is 4.38. The van der Waals surface area contributed by atoms with Gasteiger partial charge in [0, 0.05) is 12.4 Å². The fourth-order valence-corrected chi connectivity index (χ4v) is 3.53. The van der Waals surface area contributed by atoms with E-state index in [1.165, 1.54) is 33.4 Å². The molecule has 0 bridgehead atoms. The second-order valence-electron chi connectivity index (χ2n) is 6.69. The lowest BCUT2D eigenvalue weighted by Crippen LogP contribution is -2.30. The van der Waals surface area contributed by atoms with E-state index in [4.69, 9.17) is 0 Å². The first kappa shape index (κ1) is 15.6. The average molecular weight is 328 g/mol. The highest BCUT2D eigenvalue weighted by molar-refractivity contribution is 5.80. The number of imidazole rings is 1. The number of hydrogen-bond acceptors (Lipinski definition) is 1. The Hall–Kier alpha value is -2.94. The Balaban J connectivity index is 2.19. The lowest BCUT2D eigenvalue weighted by Gasteiger charge is -2.07. The van der Waals surface area contributed by atoms with Gasteiger partial charge in [0.2, 0.25) is 0 Å². The third-order valence-corrected chi connectivity index (χ3v) is 4.90. The van der Waals surface area contributed by atoms with E-state index < -0.39 is 0 Å². The summed E-state index contributed by atoms with van der Waals surface area (Å²) in [6, 6.07) is 17.2. The van der Waals surface area contributed by atoms with Gasteiger partial charge < -0.3 is 0 Å². The van der Waals surface area contributed by atoms with Crippen molar-refractivity contribution in [3.8, 4) is 17.1 Å². The molecule has 25 heavy (non-hydrogen) atoms. The largest absolute Gasteiger partial charge is 0.296 e. The molecule has 2 aromatic carbocycles. The predicted molar refractivity (Wildman–Crippen MR) is 102 cm³/mol. The number of fused-ring (bicyclic) bond motifs is 1. The zero-order valence-corrected chi connectivity index (χ0v) is 15.1. The third-order valence-electron chi connectivity index (χ3n) is 4.90. The minimum atomic E-state index is 1.15. The molecule has 124 valence electrons. The first-order valence-corrected chi connectivity index (χ1v) is 8.56.